The van der Waals surface area contributed by atoms with E-state index in [9.17, 15) is 13.6 Å². The van der Waals surface area contributed by atoms with Gasteiger partial charge in [-0.3, -0.25) is 4.79 Å². The van der Waals surface area contributed by atoms with Crippen LogP contribution in [-0.2, 0) is 4.79 Å². The molecule has 0 aliphatic heterocycles. The first kappa shape index (κ1) is 14.4. The van der Waals surface area contributed by atoms with E-state index in [1.165, 1.54) is 18.2 Å². The molecule has 1 heterocycles. The van der Waals surface area contributed by atoms with Crippen molar-refractivity contribution in [1.82, 2.24) is 10.2 Å². The van der Waals surface area contributed by atoms with Crippen LogP contribution in [-0.4, -0.2) is 16.1 Å². The van der Waals surface area contributed by atoms with Gasteiger partial charge >= 0.3 is 0 Å². The van der Waals surface area contributed by atoms with Crippen LogP contribution in [0.3, 0.4) is 0 Å². The van der Waals surface area contributed by atoms with Crippen molar-refractivity contribution in [2.75, 3.05) is 10.6 Å². The molecule has 0 bridgehead atoms. The highest BCUT2D eigenvalue weighted by Crippen LogP contribution is 2.27. The molecular weight excluding hydrogens is 290 g/mol. The Bertz CT molecular complexity index is 666. The van der Waals surface area contributed by atoms with Gasteiger partial charge in [-0.05, 0) is 37.1 Å². The average Bonchev–Trinajstić information content (AvgIpc) is 2.43. The van der Waals surface area contributed by atoms with Gasteiger partial charge in [0.15, 0.2) is 11.6 Å². The SMILES string of the molecule is O=C(Nc1ccc(Nc2c(F)cccc2F)nn1)C1CCC1. The Morgan fingerprint density at radius 2 is 1.68 bits per heavy atom. The lowest BCUT2D eigenvalue weighted by Crippen LogP contribution is -2.28. The van der Waals surface area contributed by atoms with Crippen molar-refractivity contribution in [3.05, 3.63) is 42.0 Å². The molecule has 0 spiro atoms. The maximum Gasteiger partial charge on any atom is 0.228 e. The normalized spacial score (nSPS) is 14.3. The van der Waals surface area contributed by atoms with E-state index in [0.29, 0.717) is 5.82 Å². The van der Waals surface area contributed by atoms with Crippen molar-refractivity contribution in [2.24, 2.45) is 5.92 Å². The summed E-state index contributed by atoms with van der Waals surface area (Å²) in [6, 6.07) is 6.60. The number of halogens is 2. The lowest BCUT2D eigenvalue weighted by Gasteiger charge is -2.23. The Balaban J connectivity index is 1.67. The van der Waals surface area contributed by atoms with Crippen molar-refractivity contribution < 1.29 is 13.6 Å². The minimum Gasteiger partial charge on any atom is -0.334 e. The fourth-order valence-corrected chi connectivity index (χ4v) is 2.11. The van der Waals surface area contributed by atoms with Crippen LogP contribution in [0.15, 0.2) is 30.3 Å². The second kappa shape index (κ2) is 6.05. The van der Waals surface area contributed by atoms with E-state index < -0.39 is 11.6 Å². The van der Waals surface area contributed by atoms with E-state index in [-0.39, 0.29) is 23.3 Å². The first-order valence-corrected chi connectivity index (χ1v) is 6.99. The number of carbonyl (C=O) groups excluding carboxylic acids is 1. The molecule has 7 heteroatoms. The molecule has 22 heavy (non-hydrogen) atoms. The summed E-state index contributed by atoms with van der Waals surface area (Å²) >= 11 is 0. The van der Waals surface area contributed by atoms with Gasteiger partial charge in [-0.1, -0.05) is 12.5 Å². The summed E-state index contributed by atoms with van der Waals surface area (Å²) in [4.78, 5) is 11.8. The molecular formula is C15H14F2N4O. The molecule has 1 saturated carbocycles. The molecule has 1 amide bonds. The van der Waals surface area contributed by atoms with E-state index >= 15 is 0 Å². The van der Waals surface area contributed by atoms with Crippen LogP contribution < -0.4 is 10.6 Å². The minimum atomic E-state index is -0.718. The van der Waals surface area contributed by atoms with Crippen LogP contribution in [0.4, 0.5) is 26.1 Å². The summed E-state index contributed by atoms with van der Waals surface area (Å²) in [6.45, 7) is 0. The first-order valence-electron chi connectivity index (χ1n) is 6.99. The van der Waals surface area contributed by atoms with Gasteiger partial charge < -0.3 is 10.6 Å². The zero-order chi connectivity index (χ0) is 15.5. The van der Waals surface area contributed by atoms with Gasteiger partial charge in [0.2, 0.25) is 5.91 Å². The standard InChI is InChI=1S/C15H14F2N4O/c16-10-5-2-6-11(17)14(10)18-12-7-8-13(21-20-12)19-15(22)9-3-1-4-9/h2,5-9H,1,3-4H2,(H,18,20)(H,19,21,22). The van der Waals surface area contributed by atoms with Crippen LogP contribution in [0.2, 0.25) is 0 Å². The Morgan fingerprint density at radius 3 is 2.23 bits per heavy atom. The zero-order valence-corrected chi connectivity index (χ0v) is 11.6. The summed E-state index contributed by atoms with van der Waals surface area (Å²) in [5, 5.41) is 12.8. The van der Waals surface area contributed by atoms with Gasteiger partial charge in [0.1, 0.15) is 17.3 Å². The third kappa shape index (κ3) is 3.03. The number of benzene rings is 1. The quantitative estimate of drug-likeness (QED) is 0.910. The molecule has 114 valence electrons. The van der Waals surface area contributed by atoms with Gasteiger partial charge in [0.05, 0.1) is 0 Å². The van der Waals surface area contributed by atoms with Crippen LogP contribution >= 0.6 is 0 Å². The summed E-state index contributed by atoms with van der Waals surface area (Å²) in [5.41, 5.74) is -0.289. The third-order valence-electron chi connectivity index (χ3n) is 3.61. The highest BCUT2D eigenvalue weighted by molar-refractivity contribution is 5.92. The largest absolute Gasteiger partial charge is 0.334 e. The molecule has 1 fully saturated rings. The smallest absolute Gasteiger partial charge is 0.228 e. The van der Waals surface area contributed by atoms with E-state index in [4.69, 9.17) is 0 Å². The molecule has 2 aromatic rings. The Labute approximate surface area is 125 Å². The molecule has 3 rings (SSSR count). The predicted molar refractivity (Wildman–Crippen MR) is 77.6 cm³/mol. The summed E-state index contributed by atoms with van der Waals surface area (Å²) < 4.78 is 27.0. The Morgan fingerprint density at radius 1 is 1.05 bits per heavy atom. The Hall–Kier alpha value is -2.57. The highest BCUT2D eigenvalue weighted by Gasteiger charge is 2.25. The maximum absolute atomic E-state index is 13.5. The van der Waals surface area contributed by atoms with Gasteiger partial charge in [-0.25, -0.2) is 8.78 Å². The molecule has 0 atom stereocenters. The molecule has 1 aromatic carbocycles. The number of amides is 1. The number of nitrogens with zero attached hydrogens (tertiary/aromatic N) is 2. The van der Waals surface area contributed by atoms with Crippen LogP contribution in [0, 0.1) is 17.6 Å². The number of nitrogens with one attached hydrogen (secondary N) is 2. The molecule has 0 saturated heterocycles. The van der Waals surface area contributed by atoms with Gasteiger partial charge in [0, 0.05) is 5.92 Å². The fourth-order valence-electron chi connectivity index (χ4n) is 2.11. The average molecular weight is 304 g/mol. The molecule has 2 N–H and O–H groups in total. The number of hydrogen-bond donors (Lipinski definition) is 2. The van der Waals surface area contributed by atoms with E-state index in [2.05, 4.69) is 20.8 Å². The second-order valence-corrected chi connectivity index (χ2v) is 5.14. The van der Waals surface area contributed by atoms with E-state index in [0.717, 1.165) is 31.4 Å². The van der Waals surface area contributed by atoms with Gasteiger partial charge in [-0.15, -0.1) is 10.2 Å². The molecule has 1 aliphatic carbocycles. The van der Waals surface area contributed by atoms with Gasteiger partial charge in [-0.2, -0.15) is 0 Å². The molecule has 0 unspecified atom stereocenters. The number of hydrogen-bond acceptors (Lipinski definition) is 4. The third-order valence-corrected chi connectivity index (χ3v) is 3.61. The second-order valence-electron chi connectivity index (χ2n) is 5.14. The van der Waals surface area contributed by atoms with Crippen molar-refractivity contribution in [1.29, 1.82) is 0 Å². The number of rotatable bonds is 4. The number of carbonyl (C=O) groups is 1. The van der Waals surface area contributed by atoms with Crippen LogP contribution in [0.1, 0.15) is 19.3 Å². The minimum absolute atomic E-state index is 0.0483. The summed E-state index contributed by atoms with van der Waals surface area (Å²) in [6.07, 6.45) is 2.86. The highest BCUT2D eigenvalue weighted by atomic mass is 19.1. The predicted octanol–water partition coefficient (Wildman–Crippen LogP) is 3.24. The van der Waals surface area contributed by atoms with Crippen LogP contribution in [0.5, 0.6) is 0 Å². The monoisotopic (exact) mass is 304 g/mol. The molecule has 1 aromatic heterocycles. The summed E-state index contributed by atoms with van der Waals surface area (Å²) in [7, 11) is 0. The van der Waals surface area contributed by atoms with Crippen molar-refractivity contribution in [2.45, 2.75) is 19.3 Å². The molecule has 0 radical (unpaired) electrons. The molecule has 5 nitrogen and oxygen atoms in total. The lowest BCUT2D eigenvalue weighted by atomic mass is 9.85. The lowest BCUT2D eigenvalue weighted by molar-refractivity contribution is -0.122. The van der Waals surface area contributed by atoms with Crippen LogP contribution in [0.25, 0.3) is 0 Å². The van der Waals surface area contributed by atoms with Crippen molar-refractivity contribution in [3.63, 3.8) is 0 Å². The number of aromatic nitrogens is 2. The zero-order valence-electron chi connectivity index (χ0n) is 11.6. The maximum atomic E-state index is 13.5. The van der Waals surface area contributed by atoms with E-state index in [1.807, 2.05) is 0 Å². The molecule has 1 aliphatic rings. The summed E-state index contributed by atoms with van der Waals surface area (Å²) in [5.74, 6) is -0.955. The topological polar surface area (TPSA) is 66.9 Å². The van der Waals surface area contributed by atoms with E-state index in [1.54, 1.807) is 0 Å². The van der Waals surface area contributed by atoms with Gasteiger partial charge in [0.25, 0.3) is 0 Å². The van der Waals surface area contributed by atoms with Crippen molar-refractivity contribution in [3.8, 4) is 0 Å². The first-order chi connectivity index (χ1) is 10.6. The number of para-hydroxylation sites is 1. The fraction of sp³-hybridized carbons (Fsp3) is 0.267. The Kier molecular flexibility index (Phi) is 3.95. The number of anilines is 3. The van der Waals surface area contributed by atoms with Crippen molar-refractivity contribution >= 4 is 23.2 Å².